The first-order valence-corrected chi connectivity index (χ1v) is 11.7. The number of nitrogens with zero attached hydrogens (tertiary/aromatic N) is 5. The Labute approximate surface area is 198 Å². The molecular weight excluding hydrogens is 430 g/mol. The van der Waals surface area contributed by atoms with Gasteiger partial charge in [0.05, 0.1) is 31.1 Å². The fraction of sp³-hybridized carbons (Fsp3) is 0.360. The number of hydrogen-bond acceptors (Lipinski definition) is 7. The molecule has 3 aromatic rings. The van der Waals surface area contributed by atoms with E-state index in [4.69, 9.17) is 14.7 Å². The van der Waals surface area contributed by atoms with Crippen molar-refractivity contribution in [1.82, 2.24) is 25.1 Å². The number of carbonyl (C=O) groups excluding carboxylic acids is 1. The molecule has 0 aliphatic carbocycles. The summed E-state index contributed by atoms with van der Waals surface area (Å²) in [4.78, 5) is 25.9. The van der Waals surface area contributed by atoms with Gasteiger partial charge >= 0.3 is 0 Å². The van der Waals surface area contributed by atoms with Crippen molar-refractivity contribution in [3.05, 3.63) is 59.4 Å². The van der Waals surface area contributed by atoms with Crippen LogP contribution in [0, 0.1) is 0 Å². The fourth-order valence-electron chi connectivity index (χ4n) is 4.43. The van der Waals surface area contributed by atoms with Crippen LogP contribution in [0.4, 0.5) is 17.6 Å². The summed E-state index contributed by atoms with van der Waals surface area (Å²) in [6.45, 7) is 4.32. The third kappa shape index (κ3) is 4.38. The number of aromatic amines is 1. The van der Waals surface area contributed by atoms with Gasteiger partial charge in [-0.1, -0.05) is 43.3 Å². The SMILES string of the molecule is CCC(=O)N1Cc2[nH]nc(Nc3cc(-c4ccccc4)nc(N4CCCC=C4COC)n3)c2C1. The van der Waals surface area contributed by atoms with Crippen LogP contribution in [0.15, 0.2) is 48.2 Å². The van der Waals surface area contributed by atoms with Crippen LogP contribution in [-0.4, -0.2) is 51.2 Å². The first-order valence-electron chi connectivity index (χ1n) is 11.7. The molecule has 0 bridgehead atoms. The molecule has 0 fully saturated rings. The highest BCUT2D eigenvalue weighted by atomic mass is 16.5. The Bertz CT molecular complexity index is 1210. The normalized spacial score (nSPS) is 15.3. The summed E-state index contributed by atoms with van der Waals surface area (Å²) in [6.07, 6.45) is 4.73. The highest BCUT2D eigenvalue weighted by Gasteiger charge is 2.28. The van der Waals surface area contributed by atoms with Gasteiger partial charge in [0.2, 0.25) is 11.9 Å². The van der Waals surface area contributed by atoms with E-state index < -0.39 is 0 Å². The summed E-state index contributed by atoms with van der Waals surface area (Å²) in [5.41, 5.74) is 4.87. The van der Waals surface area contributed by atoms with E-state index in [0.29, 0.717) is 43.7 Å². The van der Waals surface area contributed by atoms with E-state index in [9.17, 15) is 4.79 Å². The maximum Gasteiger partial charge on any atom is 0.232 e. The third-order valence-electron chi connectivity index (χ3n) is 6.18. The Balaban J connectivity index is 1.50. The Morgan fingerprint density at radius 3 is 2.85 bits per heavy atom. The number of aromatic nitrogens is 4. The van der Waals surface area contributed by atoms with Gasteiger partial charge in [0.1, 0.15) is 5.82 Å². The number of nitrogens with one attached hydrogen (secondary N) is 2. The zero-order valence-corrected chi connectivity index (χ0v) is 19.5. The number of methoxy groups -OCH3 is 1. The summed E-state index contributed by atoms with van der Waals surface area (Å²) < 4.78 is 5.42. The van der Waals surface area contributed by atoms with Gasteiger partial charge in [0.25, 0.3) is 0 Å². The highest BCUT2D eigenvalue weighted by molar-refractivity contribution is 5.77. The molecule has 1 aromatic carbocycles. The molecule has 9 heteroatoms. The molecule has 2 N–H and O–H groups in total. The van der Waals surface area contributed by atoms with Crippen LogP contribution < -0.4 is 10.2 Å². The molecule has 34 heavy (non-hydrogen) atoms. The molecule has 0 atom stereocenters. The number of carbonyl (C=O) groups is 1. The summed E-state index contributed by atoms with van der Waals surface area (Å²) in [5.74, 6) is 2.10. The number of hydrogen-bond donors (Lipinski definition) is 2. The molecule has 9 nitrogen and oxygen atoms in total. The van der Waals surface area contributed by atoms with Crippen LogP contribution in [0.5, 0.6) is 0 Å². The van der Waals surface area contributed by atoms with Gasteiger partial charge < -0.3 is 19.9 Å². The van der Waals surface area contributed by atoms with Crippen molar-refractivity contribution in [1.29, 1.82) is 0 Å². The predicted octanol–water partition coefficient (Wildman–Crippen LogP) is 3.99. The molecule has 0 unspecified atom stereocenters. The number of amides is 1. The lowest BCUT2D eigenvalue weighted by atomic mass is 10.1. The quantitative estimate of drug-likeness (QED) is 0.551. The van der Waals surface area contributed by atoms with Crippen molar-refractivity contribution in [2.24, 2.45) is 0 Å². The van der Waals surface area contributed by atoms with Crippen LogP contribution in [0.25, 0.3) is 11.3 Å². The molecule has 2 aliphatic heterocycles. The molecule has 4 heterocycles. The van der Waals surface area contributed by atoms with Crippen LogP contribution in [0.1, 0.15) is 37.4 Å². The smallest absolute Gasteiger partial charge is 0.232 e. The van der Waals surface area contributed by atoms with E-state index in [1.807, 2.05) is 48.2 Å². The molecule has 0 saturated heterocycles. The molecular formula is C25H29N7O2. The second-order valence-electron chi connectivity index (χ2n) is 8.48. The second kappa shape index (κ2) is 9.64. The lowest BCUT2D eigenvalue weighted by Gasteiger charge is -2.29. The van der Waals surface area contributed by atoms with Crippen LogP contribution in [-0.2, 0) is 22.6 Å². The molecule has 176 valence electrons. The number of rotatable bonds is 7. The largest absolute Gasteiger partial charge is 0.378 e. The van der Waals surface area contributed by atoms with Gasteiger partial charge in [-0.25, -0.2) is 4.98 Å². The van der Waals surface area contributed by atoms with Crippen molar-refractivity contribution < 1.29 is 9.53 Å². The number of benzene rings is 1. The van der Waals surface area contributed by atoms with Gasteiger partial charge in [-0.2, -0.15) is 10.1 Å². The summed E-state index contributed by atoms with van der Waals surface area (Å²) in [5, 5.41) is 10.9. The van der Waals surface area contributed by atoms with E-state index in [1.165, 1.54) is 0 Å². The minimum absolute atomic E-state index is 0.133. The average Bonchev–Trinajstić information content (AvgIpc) is 3.46. The number of fused-ring (bicyclic) bond motifs is 1. The van der Waals surface area contributed by atoms with Crippen molar-refractivity contribution in [3.63, 3.8) is 0 Å². The van der Waals surface area contributed by atoms with Gasteiger partial charge in [-0.3, -0.25) is 9.89 Å². The first kappa shape index (κ1) is 22.1. The molecule has 5 rings (SSSR count). The van der Waals surface area contributed by atoms with Crippen molar-refractivity contribution in [2.45, 2.75) is 39.3 Å². The lowest BCUT2D eigenvalue weighted by Crippen LogP contribution is -2.30. The van der Waals surface area contributed by atoms with Gasteiger partial charge in [0, 0.05) is 43.0 Å². The summed E-state index contributed by atoms with van der Waals surface area (Å²) in [6, 6.07) is 12.0. The van der Waals surface area contributed by atoms with Crippen molar-refractivity contribution >= 4 is 23.5 Å². The predicted molar refractivity (Wildman–Crippen MR) is 130 cm³/mol. The van der Waals surface area contributed by atoms with Crippen LogP contribution in [0.3, 0.4) is 0 Å². The van der Waals surface area contributed by atoms with Gasteiger partial charge in [0.15, 0.2) is 5.82 Å². The van der Waals surface area contributed by atoms with Crippen molar-refractivity contribution in [2.75, 3.05) is 30.5 Å². The summed E-state index contributed by atoms with van der Waals surface area (Å²) in [7, 11) is 1.70. The maximum absolute atomic E-state index is 12.2. The zero-order valence-electron chi connectivity index (χ0n) is 19.5. The van der Waals surface area contributed by atoms with E-state index in [0.717, 1.165) is 47.6 Å². The minimum atomic E-state index is 0.133. The van der Waals surface area contributed by atoms with Crippen LogP contribution in [0.2, 0.25) is 0 Å². The molecule has 0 radical (unpaired) electrons. The Hall–Kier alpha value is -3.72. The Morgan fingerprint density at radius 1 is 1.21 bits per heavy atom. The minimum Gasteiger partial charge on any atom is -0.378 e. The molecule has 0 saturated carbocycles. The molecule has 2 aliphatic rings. The van der Waals surface area contributed by atoms with Crippen LogP contribution >= 0.6 is 0 Å². The molecule has 0 spiro atoms. The summed E-state index contributed by atoms with van der Waals surface area (Å²) >= 11 is 0. The van der Waals surface area contributed by atoms with E-state index in [2.05, 4.69) is 26.5 Å². The number of ether oxygens (including phenoxy) is 1. The first-order chi connectivity index (χ1) is 16.7. The monoisotopic (exact) mass is 459 g/mol. The number of anilines is 3. The average molecular weight is 460 g/mol. The number of allylic oxidation sites excluding steroid dienone is 1. The zero-order chi connectivity index (χ0) is 23.5. The van der Waals surface area contributed by atoms with Gasteiger partial charge in [-0.05, 0) is 12.8 Å². The molecule has 2 aromatic heterocycles. The molecule has 1 amide bonds. The van der Waals surface area contributed by atoms with Gasteiger partial charge in [-0.15, -0.1) is 0 Å². The highest BCUT2D eigenvalue weighted by Crippen LogP contribution is 2.32. The maximum atomic E-state index is 12.2. The second-order valence-corrected chi connectivity index (χ2v) is 8.48. The van der Waals surface area contributed by atoms with Crippen molar-refractivity contribution in [3.8, 4) is 11.3 Å². The standard InChI is InChI=1S/C25H29N7O2/c1-3-23(33)31-14-19-21(15-31)29-30-24(19)27-22-13-20(17-9-5-4-6-10-17)26-25(28-22)32-12-8-7-11-18(32)16-34-2/h4-6,9-11,13H,3,7-8,12,14-16H2,1-2H3,(H2,26,27,28,29,30). The topological polar surface area (TPSA) is 99.3 Å². The Morgan fingerprint density at radius 2 is 2.06 bits per heavy atom. The number of H-pyrrole nitrogens is 1. The fourth-order valence-corrected chi connectivity index (χ4v) is 4.43. The lowest BCUT2D eigenvalue weighted by molar-refractivity contribution is -0.131. The third-order valence-corrected chi connectivity index (χ3v) is 6.18. The van der Waals surface area contributed by atoms with E-state index in [1.54, 1.807) is 7.11 Å². The van der Waals surface area contributed by atoms with E-state index in [-0.39, 0.29) is 5.91 Å². The van der Waals surface area contributed by atoms with E-state index >= 15 is 0 Å². The Kier molecular flexibility index (Phi) is 6.27.